The highest BCUT2D eigenvalue weighted by Gasteiger charge is 2.44. The summed E-state index contributed by atoms with van der Waals surface area (Å²) in [6.45, 7) is 9.63. The van der Waals surface area contributed by atoms with Crippen molar-refractivity contribution in [1.29, 1.82) is 0 Å². The highest BCUT2D eigenvalue weighted by atomic mass is 28.3. The van der Waals surface area contributed by atoms with E-state index in [-0.39, 0.29) is 10.8 Å². The number of benzene rings is 9. The van der Waals surface area contributed by atoms with Gasteiger partial charge in [-0.2, -0.15) is 0 Å². The van der Waals surface area contributed by atoms with E-state index in [0.29, 0.717) is 0 Å². The van der Waals surface area contributed by atoms with Crippen LogP contribution in [0.1, 0.15) is 49.9 Å². The molecule has 58 heavy (non-hydrogen) atoms. The smallest absolute Gasteiger partial charge is 0.179 e. The van der Waals surface area contributed by atoms with Crippen LogP contribution in [0.25, 0.3) is 32.7 Å². The zero-order valence-electron chi connectivity index (χ0n) is 33.5. The van der Waals surface area contributed by atoms with E-state index in [4.69, 9.17) is 0 Å². The van der Waals surface area contributed by atoms with Crippen LogP contribution < -0.4 is 25.6 Å². The van der Waals surface area contributed by atoms with Gasteiger partial charge in [0, 0.05) is 27.9 Å². The van der Waals surface area contributed by atoms with Gasteiger partial charge in [0.25, 0.3) is 0 Å². The molecule has 1 nitrogen and oxygen atoms in total. The molecule has 0 amide bonds. The number of anilines is 3. The molecule has 0 saturated carbocycles. The quantitative estimate of drug-likeness (QED) is 0.0889. The molecule has 0 unspecified atom stereocenters. The van der Waals surface area contributed by atoms with E-state index in [1.807, 2.05) is 0 Å². The summed E-state index contributed by atoms with van der Waals surface area (Å²) in [5, 5.41) is 11.0. The Labute approximate surface area is 342 Å². The number of fused-ring (bicyclic) bond motifs is 3. The van der Waals surface area contributed by atoms with Gasteiger partial charge < -0.3 is 4.90 Å². The van der Waals surface area contributed by atoms with Gasteiger partial charge in [0.2, 0.25) is 0 Å². The molecule has 0 saturated heterocycles. The molecule has 0 fully saturated rings. The molecule has 2 heteroatoms. The summed E-state index contributed by atoms with van der Waals surface area (Å²) in [6, 6.07) is 75.6. The monoisotopic (exact) mass is 759 g/mol. The predicted octanol–water partition coefficient (Wildman–Crippen LogP) is 11.8. The third-order valence-electron chi connectivity index (χ3n) is 13.5. The Kier molecular flexibility index (Phi) is 7.64. The number of hydrogen-bond donors (Lipinski definition) is 0. The largest absolute Gasteiger partial charge is 0.310 e. The molecule has 0 heterocycles. The van der Waals surface area contributed by atoms with Crippen LogP contribution in [0, 0.1) is 0 Å². The molecule has 2 aliphatic carbocycles. The lowest BCUT2D eigenvalue weighted by atomic mass is 9.81. The second kappa shape index (κ2) is 12.8. The molecular formula is C56H45NSi. The van der Waals surface area contributed by atoms with Gasteiger partial charge in [0.15, 0.2) is 8.07 Å². The minimum absolute atomic E-state index is 0.100. The number of hydrogen-bond acceptors (Lipinski definition) is 1. The van der Waals surface area contributed by atoms with Gasteiger partial charge in [-0.25, -0.2) is 0 Å². The number of rotatable bonds is 7. The van der Waals surface area contributed by atoms with Gasteiger partial charge in [-0.1, -0.05) is 191 Å². The van der Waals surface area contributed by atoms with Crippen molar-refractivity contribution in [3.05, 3.63) is 222 Å². The fraction of sp³-hybridized carbons (Fsp3) is 0.107. The maximum Gasteiger partial charge on any atom is 0.179 e. The van der Waals surface area contributed by atoms with E-state index < -0.39 is 8.07 Å². The average molecular weight is 760 g/mol. The Morgan fingerprint density at radius 3 is 1.45 bits per heavy atom. The molecule has 9 aromatic rings. The molecule has 9 aromatic carbocycles. The van der Waals surface area contributed by atoms with Crippen LogP contribution in [-0.4, -0.2) is 8.07 Å². The van der Waals surface area contributed by atoms with Crippen molar-refractivity contribution in [2.24, 2.45) is 0 Å². The Morgan fingerprint density at radius 1 is 0.328 bits per heavy atom. The maximum atomic E-state index is 2.58. The third-order valence-corrected chi connectivity index (χ3v) is 18.3. The van der Waals surface area contributed by atoms with Crippen molar-refractivity contribution in [1.82, 2.24) is 0 Å². The molecule has 0 atom stereocenters. The van der Waals surface area contributed by atoms with Gasteiger partial charge in [-0.05, 0) is 112 Å². The summed E-state index contributed by atoms with van der Waals surface area (Å²) in [5.74, 6) is 0. The lowest BCUT2D eigenvalue weighted by Gasteiger charge is -2.35. The van der Waals surface area contributed by atoms with Crippen LogP contribution in [0.3, 0.4) is 0 Å². The Balaban J connectivity index is 1.09. The lowest BCUT2D eigenvalue weighted by molar-refractivity contribution is 0.661. The minimum atomic E-state index is -2.69. The van der Waals surface area contributed by atoms with E-state index in [2.05, 4.69) is 233 Å². The zero-order chi connectivity index (χ0) is 39.2. The molecule has 0 spiro atoms. The first-order valence-corrected chi connectivity index (χ1v) is 22.6. The van der Waals surface area contributed by atoms with Gasteiger partial charge in [-0.15, -0.1) is 0 Å². The van der Waals surface area contributed by atoms with Crippen LogP contribution in [0.15, 0.2) is 200 Å². The Morgan fingerprint density at radius 2 is 0.828 bits per heavy atom. The van der Waals surface area contributed by atoms with E-state index >= 15 is 0 Å². The Hall–Kier alpha value is -6.48. The van der Waals surface area contributed by atoms with Gasteiger partial charge >= 0.3 is 0 Å². The SMILES string of the molecule is CC1(C)c2cc(N(c3ccccc3)c3cc4c5c(ccc6cccc(c65)C4(C)C)c3)ccc2-c2ccc([Si](c3ccccc3)(c3ccccc3)c3ccccc3)cc21. The van der Waals surface area contributed by atoms with E-state index in [1.54, 1.807) is 0 Å². The standard InChI is InChI=1S/C56H45NSi/c1-55(2)49-27-17-18-38-28-29-39-34-42(36-52(55)54(39)53(38)49)57(40-19-9-5-10-20-40)41-30-32-47-48-33-31-46(37-51(48)56(3,4)50(47)35-41)58(43-21-11-6-12-22-43,44-23-13-7-14-24-44)45-25-15-8-16-26-45/h5-37H,1-4H3. The summed E-state index contributed by atoms with van der Waals surface area (Å²) in [6.07, 6.45) is 0. The lowest BCUT2D eigenvalue weighted by Crippen LogP contribution is -2.74. The molecule has 278 valence electrons. The molecular weight excluding hydrogens is 715 g/mol. The van der Waals surface area contributed by atoms with Crippen molar-refractivity contribution < 1.29 is 0 Å². The number of nitrogens with zero attached hydrogens (tertiary/aromatic N) is 1. The molecule has 0 N–H and O–H groups in total. The first-order valence-electron chi connectivity index (χ1n) is 20.6. The molecule has 11 rings (SSSR count). The molecule has 0 bridgehead atoms. The zero-order valence-corrected chi connectivity index (χ0v) is 34.5. The van der Waals surface area contributed by atoms with Gasteiger partial charge in [0.1, 0.15) is 0 Å². The van der Waals surface area contributed by atoms with Crippen LogP contribution in [-0.2, 0) is 10.8 Å². The maximum absolute atomic E-state index is 2.69. The van der Waals surface area contributed by atoms with Gasteiger partial charge in [0.05, 0.1) is 0 Å². The van der Waals surface area contributed by atoms with Crippen LogP contribution in [0.5, 0.6) is 0 Å². The van der Waals surface area contributed by atoms with Crippen LogP contribution >= 0.6 is 0 Å². The van der Waals surface area contributed by atoms with E-state index in [0.717, 1.165) is 5.69 Å². The highest BCUT2D eigenvalue weighted by Crippen LogP contribution is 2.53. The summed E-state index contributed by atoms with van der Waals surface area (Å²) in [7, 11) is -2.69. The summed E-state index contributed by atoms with van der Waals surface area (Å²) >= 11 is 0. The molecule has 0 aromatic heterocycles. The minimum Gasteiger partial charge on any atom is -0.310 e. The summed E-state index contributed by atoms with van der Waals surface area (Å²) in [5.41, 5.74) is 11.4. The molecule has 0 aliphatic heterocycles. The van der Waals surface area contributed by atoms with Crippen LogP contribution in [0.2, 0.25) is 0 Å². The van der Waals surface area contributed by atoms with Crippen molar-refractivity contribution in [3.63, 3.8) is 0 Å². The molecule has 2 aliphatic rings. The van der Waals surface area contributed by atoms with E-state index in [9.17, 15) is 0 Å². The van der Waals surface area contributed by atoms with Crippen molar-refractivity contribution in [2.75, 3.05) is 4.90 Å². The third kappa shape index (κ3) is 4.88. The summed E-state index contributed by atoms with van der Waals surface area (Å²) in [4.78, 5) is 2.47. The normalized spacial score (nSPS) is 14.5. The van der Waals surface area contributed by atoms with Crippen molar-refractivity contribution >= 4 is 67.4 Å². The fourth-order valence-electron chi connectivity index (χ4n) is 10.7. The van der Waals surface area contributed by atoms with Crippen molar-refractivity contribution in [2.45, 2.75) is 38.5 Å². The second-order valence-corrected chi connectivity index (χ2v) is 21.1. The van der Waals surface area contributed by atoms with Gasteiger partial charge in [-0.3, -0.25) is 0 Å². The van der Waals surface area contributed by atoms with Crippen molar-refractivity contribution in [3.8, 4) is 11.1 Å². The fourth-order valence-corrected chi connectivity index (χ4v) is 15.5. The first-order chi connectivity index (χ1) is 28.3. The predicted molar refractivity (Wildman–Crippen MR) is 249 cm³/mol. The van der Waals surface area contributed by atoms with E-state index in [1.165, 1.54) is 87.0 Å². The van der Waals surface area contributed by atoms with Crippen LogP contribution in [0.4, 0.5) is 17.1 Å². The topological polar surface area (TPSA) is 3.24 Å². The molecule has 0 radical (unpaired) electrons. The highest BCUT2D eigenvalue weighted by molar-refractivity contribution is 7.19. The Bertz CT molecular complexity index is 2940. The number of para-hydroxylation sites is 1. The summed E-state index contributed by atoms with van der Waals surface area (Å²) < 4.78 is 0. The first kappa shape index (κ1) is 34.7. The second-order valence-electron chi connectivity index (χ2n) is 17.3. The average Bonchev–Trinajstić information content (AvgIpc) is 3.64.